The van der Waals surface area contributed by atoms with E-state index in [1.807, 2.05) is 6.92 Å². The Hall–Kier alpha value is -1.69. The number of nitrogens with zero attached hydrogens (tertiary/aromatic N) is 1. The van der Waals surface area contributed by atoms with Gasteiger partial charge in [0.25, 0.3) is 0 Å². The molecule has 3 rings (SSSR count). The molecule has 0 unspecified atom stereocenters. The predicted octanol–water partition coefficient (Wildman–Crippen LogP) is 3.81. The van der Waals surface area contributed by atoms with Crippen LogP contribution in [-0.4, -0.2) is 16.2 Å². The summed E-state index contributed by atoms with van der Waals surface area (Å²) in [4.78, 5) is 0. The fourth-order valence-electron chi connectivity index (χ4n) is 3.21. The summed E-state index contributed by atoms with van der Waals surface area (Å²) in [5, 5.41) is 14.0. The van der Waals surface area contributed by atoms with Gasteiger partial charge in [-0.25, -0.2) is 0 Å². The zero-order valence-corrected chi connectivity index (χ0v) is 11.7. The Labute approximate surface area is 120 Å². The lowest BCUT2D eigenvalue weighted by atomic mass is 10.0. The summed E-state index contributed by atoms with van der Waals surface area (Å²) >= 11 is 0. The first kappa shape index (κ1) is 14.3. The standard InChI is InChI=1S/C15H17F3N2O/c1-2-4-11-13-9-5-3-6-10(15(16,17)18)12(9)14(21)20(13)8-7-19-11/h3,5-6,11,19,21H,2,4,7-8H2,1H3/t11-/m1/s1. The van der Waals surface area contributed by atoms with Crippen LogP contribution in [0.3, 0.4) is 0 Å². The van der Waals surface area contributed by atoms with E-state index in [0.717, 1.165) is 24.6 Å². The highest BCUT2D eigenvalue weighted by molar-refractivity contribution is 5.94. The maximum Gasteiger partial charge on any atom is 0.417 e. The van der Waals surface area contributed by atoms with Crippen molar-refractivity contribution in [2.45, 2.75) is 38.5 Å². The van der Waals surface area contributed by atoms with Gasteiger partial charge in [0.15, 0.2) is 5.88 Å². The fourth-order valence-corrected chi connectivity index (χ4v) is 3.21. The van der Waals surface area contributed by atoms with E-state index in [4.69, 9.17) is 0 Å². The van der Waals surface area contributed by atoms with Gasteiger partial charge in [-0.1, -0.05) is 25.5 Å². The molecule has 0 aliphatic carbocycles. The van der Waals surface area contributed by atoms with Crippen molar-refractivity contribution in [3.05, 3.63) is 29.5 Å². The van der Waals surface area contributed by atoms with Crippen LogP contribution < -0.4 is 5.32 Å². The molecule has 0 fully saturated rings. The third-order valence-electron chi connectivity index (χ3n) is 4.05. The molecule has 2 N–H and O–H groups in total. The molecule has 2 aromatic rings. The van der Waals surface area contributed by atoms with Gasteiger partial charge in [-0.2, -0.15) is 13.2 Å². The monoisotopic (exact) mass is 298 g/mol. The molecule has 21 heavy (non-hydrogen) atoms. The van der Waals surface area contributed by atoms with Crippen LogP contribution in [0.5, 0.6) is 5.88 Å². The number of hydrogen-bond acceptors (Lipinski definition) is 2. The molecule has 0 amide bonds. The molecule has 0 saturated carbocycles. The van der Waals surface area contributed by atoms with Gasteiger partial charge in [-0.05, 0) is 12.5 Å². The Kier molecular flexibility index (Phi) is 3.36. The lowest BCUT2D eigenvalue weighted by Gasteiger charge is -2.26. The van der Waals surface area contributed by atoms with E-state index >= 15 is 0 Å². The zero-order chi connectivity index (χ0) is 15.2. The van der Waals surface area contributed by atoms with Gasteiger partial charge in [0.2, 0.25) is 0 Å². The van der Waals surface area contributed by atoms with Crippen molar-refractivity contribution < 1.29 is 18.3 Å². The first-order chi connectivity index (χ1) is 9.95. The Morgan fingerprint density at radius 2 is 2.14 bits per heavy atom. The fraction of sp³-hybridized carbons (Fsp3) is 0.467. The van der Waals surface area contributed by atoms with Gasteiger partial charge in [-0.3, -0.25) is 0 Å². The number of halogens is 3. The number of nitrogens with one attached hydrogen (secondary N) is 1. The molecule has 2 heterocycles. The van der Waals surface area contributed by atoms with E-state index in [-0.39, 0.29) is 17.3 Å². The van der Waals surface area contributed by atoms with Crippen molar-refractivity contribution >= 4 is 10.8 Å². The molecule has 1 aliphatic rings. The van der Waals surface area contributed by atoms with Crippen LogP contribution in [0.2, 0.25) is 0 Å². The van der Waals surface area contributed by atoms with Crippen molar-refractivity contribution in [2.24, 2.45) is 0 Å². The molecular formula is C15H17F3N2O. The van der Waals surface area contributed by atoms with E-state index in [0.29, 0.717) is 18.5 Å². The number of benzene rings is 1. The van der Waals surface area contributed by atoms with Crippen LogP contribution in [-0.2, 0) is 12.7 Å². The number of hydrogen-bond donors (Lipinski definition) is 2. The minimum atomic E-state index is -4.47. The largest absolute Gasteiger partial charge is 0.494 e. The van der Waals surface area contributed by atoms with Crippen molar-refractivity contribution in [1.82, 2.24) is 9.88 Å². The highest BCUT2D eigenvalue weighted by atomic mass is 19.4. The Morgan fingerprint density at radius 1 is 1.38 bits per heavy atom. The van der Waals surface area contributed by atoms with E-state index < -0.39 is 11.7 Å². The zero-order valence-electron chi connectivity index (χ0n) is 11.7. The molecule has 114 valence electrons. The third kappa shape index (κ3) is 2.18. The molecule has 0 saturated heterocycles. The van der Waals surface area contributed by atoms with Crippen molar-refractivity contribution in [3.63, 3.8) is 0 Å². The van der Waals surface area contributed by atoms with Crippen LogP contribution in [0.15, 0.2) is 18.2 Å². The van der Waals surface area contributed by atoms with Gasteiger partial charge in [-0.15, -0.1) is 0 Å². The molecular weight excluding hydrogens is 281 g/mol. The number of aromatic nitrogens is 1. The van der Waals surface area contributed by atoms with E-state index in [2.05, 4.69) is 5.32 Å². The van der Waals surface area contributed by atoms with E-state index in [9.17, 15) is 18.3 Å². The summed E-state index contributed by atoms with van der Waals surface area (Å²) in [5.41, 5.74) is -0.00338. The number of fused-ring (bicyclic) bond motifs is 3. The maximum absolute atomic E-state index is 13.2. The van der Waals surface area contributed by atoms with Gasteiger partial charge in [0.05, 0.1) is 10.9 Å². The average Bonchev–Trinajstić information content (AvgIpc) is 2.73. The molecule has 1 atom stereocenters. The smallest absolute Gasteiger partial charge is 0.417 e. The minimum Gasteiger partial charge on any atom is -0.494 e. The molecule has 1 aromatic carbocycles. The molecule has 1 aromatic heterocycles. The highest BCUT2D eigenvalue weighted by Gasteiger charge is 2.36. The number of alkyl halides is 3. The molecule has 0 radical (unpaired) electrons. The average molecular weight is 298 g/mol. The van der Waals surface area contributed by atoms with Crippen LogP contribution >= 0.6 is 0 Å². The molecule has 0 bridgehead atoms. The van der Waals surface area contributed by atoms with Gasteiger partial charge in [0, 0.05) is 30.2 Å². The Morgan fingerprint density at radius 3 is 2.81 bits per heavy atom. The maximum atomic E-state index is 13.2. The lowest BCUT2D eigenvalue weighted by molar-refractivity contribution is -0.136. The van der Waals surface area contributed by atoms with Crippen LogP contribution in [0.1, 0.15) is 37.1 Å². The van der Waals surface area contributed by atoms with Crippen LogP contribution in [0, 0.1) is 0 Å². The summed E-state index contributed by atoms with van der Waals surface area (Å²) in [6, 6.07) is 4.07. The summed E-state index contributed by atoms with van der Waals surface area (Å²) in [6.07, 6.45) is -2.72. The molecule has 0 spiro atoms. The topological polar surface area (TPSA) is 37.2 Å². The van der Waals surface area contributed by atoms with E-state index in [1.54, 1.807) is 10.6 Å². The van der Waals surface area contributed by atoms with Gasteiger partial charge >= 0.3 is 6.18 Å². The molecule has 1 aliphatic heterocycles. The number of aromatic hydroxyl groups is 1. The van der Waals surface area contributed by atoms with Crippen molar-refractivity contribution in [1.29, 1.82) is 0 Å². The van der Waals surface area contributed by atoms with Crippen molar-refractivity contribution in [3.8, 4) is 5.88 Å². The predicted molar refractivity (Wildman–Crippen MR) is 74.3 cm³/mol. The Balaban J connectivity index is 2.30. The Bertz CT molecular complexity index is 676. The van der Waals surface area contributed by atoms with Crippen molar-refractivity contribution in [2.75, 3.05) is 6.54 Å². The lowest BCUT2D eigenvalue weighted by Crippen LogP contribution is -2.32. The molecule has 6 heteroatoms. The van der Waals surface area contributed by atoms with Crippen LogP contribution in [0.4, 0.5) is 13.2 Å². The minimum absolute atomic E-state index is 0.0179. The quantitative estimate of drug-likeness (QED) is 0.884. The van der Waals surface area contributed by atoms with E-state index in [1.165, 1.54) is 6.07 Å². The first-order valence-electron chi connectivity index (χ1n) is 7.09. The number of rotatable bonds is 2. The highest BCUT2D eigenvalue weighted by Crippen LogP contribution is 2.44. The normalized spacial score (nSPS) is 19.0. The summed E-state index contributed by atoms with van der Waals surface area (Å²) in [5.74, 6) is -0.268. The SMILES string of the molecule is CCC[C@H]1NCCn2c1c1cccc(C(F)(F)F)c1c2O. The second-order valence-corrected chi connectivity index (χ2v) is 5.38. The second-order valence-electron chi connectivity index (χ2n) is 5.38. The third-order valence-corrected chi connectivity index (χ3v) is 4.05. The first-order valence-corrected chi connectivity index (χ1v) is 7.09. The van der Waals surface area contributed by atoms with Gasteiger partial charge in [0.1, 0.15) is 0 Å². The summed E-state index contributed by atoms with van der Waals surface area (Å²) in [6.45, 7) is 3.16. The van der Waals surface area contributed by atoms with Crippen LogP contribution in [0.25, 0.3) is 10.8 Å². The second kappa shape index (κ2) is 4.94. The van der Waals surface area contributed by atoms with Gasteiger partial charge < -0.3 is 15.0 Å². The summed E-state index contributed by atoms with van der Waals surface area (Å²) in [7, 11) is 0. The summed E-state index contributed by atoms with van der Waals surface area (Å²) < 4.78 is 41.1. The molecule has 3 nitrogen and oxygen atoms in total.